The molecule has 1 aliphatic heterocycles. The molecule has 15 heavy (non-hydrogen) atoms. The predicted octanol–water partition coefficient (Wildman–Crippen LogP) is 0.855. The number of nitrogens with zero attached hydrogens (tertiary/aromatic N) is 4. The van der Waals surface area contributed by atoms with Crippen LogP contribution in [0, 0.1) is 0 Å². The van der Waals surface area contributed by atoms with E-state index in [1.165, 1.54) is 0 Å². The van der Waals surface area contributed by atoms with Crippen LogP contribution >= 0.6 is 11.6 Å². The van der Waals surface area contributed by atoms with Crippen molar-refractivity contribution in [1.82, 2.24) is 24.9 Å². The zero-order chi connectivity index (χ0) is 10.3. The Morgan fingerprint density at radius 1 is 1.47 bits per heavy atom. The Morgan fingerprint density at radius 3 is 3.20 bits per heavy atom. The Balaban J connectivity index is 2.13. The predicted molar refractivity (Wildman–Crippen MR) is 56.0 cm³/mol. The number of halogens is 1. The second kappa shape index (κ2) is 3.43. The summed E-state index contributed by atoms with van der Waals surface area (Å²) in [6.45, 7) is 1.99. The highest BCUT2D eigenvalue weighted by atomic mass is 35.5. The van der Waals surface area contributed by atoms with Crippen LogP contribution in [-0.2, 0) is 0 Å². The average molecular weight is 224 g/mol. The molecule has 1 N–H and O–H groups in total. The molecule has 1 saturated heterocycles. The van der Waals surface area contributed by atoms with Crippen LogP contribution in [0.15, 0.2) is 12.4 Å². The Kier molecular flexibility index (Phi) is 2.07. The van der Waals surface area contributed by atoms with E-state index in [-0.39, 0.29) is 0 Å². The summed E-state index contributed by atoms with van der Waals surface area (Å²) >= 11 is 5.90. The number of aromatic nitrogens is 4. The summed E-state index contributed by atoms with van der Waals surface area (Å²) in [6.07, 6.45) is 4.49. The van der Waals surface area contributed by atoms with E-state index in [4.69, 9.17) is 11.6 Å². The first-order valence-corrected chi connectivity index (χ1v) is 5.29. The molecule has 0 saturated carbocycles. The van der Waals surface area contributed by atoms with Gasteiger partial charge in [0.1, 0.15) is 5.82 Å². The minimum absolute atomic E-state index is 0.417. The lowest BCUT2D eigenvalue weighted by Crippen LogP contribution is -2.10. The summed E-state index contributed by atoms with van der Waals surface area (Å²) in [5.41, 5.74) is 0. The fourth-order valence-corrected chi connectivity index (χ4v) is 2.08. The summed E-state index contributed by atoms with van der Waals surface area (Å²) in [6, 6.07) is 0. The second-order valence-corrected chi connectivity index (χ2v) is 4.13. The normalized spacial score (nSPS) is 21.3. The smallest absolute Gasteiger partial charge is 0.255 e. The monoisotopic (exact) mass is 223 g/mol. The standard InChI is InChI=1S/C9H10ClN5/c10-7-4-12-9-14-13-8(15(9)5-7)6-1-2-11-3-6/h4-6,11H,1-3H2. The van der Waals surface area contributed by atoms with Gasteiger partial charge in [-0.15, -0.1) is 10.2 Å². The molecular formula is C9H10ClN5. The second-order valence-electron chi connectivity index (χ2n) is 3.69. The molecule has 78 valence electrons. The molecule has 1 atom stereocenters. The van der Waals surface area contributed by atoms with E-state index in [9.17, 15) is 0 Å². The van der Waals surface area contributed by atoms with Gasteiger partial charge in [-0.05, 0) is 13.0 Å². The van der Waals surface area contributed by atoms with Gasteiger partial charge in [0.05, 0.1) is 11.2 Å². The summed E-state index contributed by atoms with van der Waals surface area (Å²) in [5.74, 6) is 1.98. The van der Waals surface area contributed by atoms with Crippen LogP contribution in [0.4, 0.5) is 0 Å². The quantitative estimate of drug-likeness (QED) is 0.779. The first-order chi connectivity index (χ1) is 7.34. The summed E-state index contributed by atoms with van der Waals surface area (Å²) < 4.78 is 1.88. The molecule has 1 unspecified atom stereocenters. The third-order valence-corrected chi connectivity index (χ3v) is 2.88. The van der Waals surface area contributed by atoms with Crippen molar-refractivity contribution in [3.63, 3.8) is 0 Å². The Hall–Kier alpha value is -1.20. The molecule has 1 aliphatic rings. The molecular weight excluding hydrogens is 214 g/mol. The molecule has 0 spiro atoms. The average Bonchev–Trinajstić information content (AvgIpc) is 2.83. The van der Waals surface area contributed by atoms with Crippen molar-refractivity contribution >= 4 is 17.4 Å². The number of fused-ring (bicyclic) bond motifs is 1. The van der Waals surface area contributed by atoms with Gasteiger partial charge in [-0.25, -0.2) is 4.98 Å². The minimum atomic E-state index is 0.417. The van der Waals surface area contributed by atoms with Crippen molar-refractivity contribution in [2.45, 2.75) is 12.3 Å². The Bertz CT molecular complexity index is 488. The van der Waals surface area contributed by atoms with Crippen molar-refractivity contribution in [2.75, 3.05) is 13.1 Å². The molecule has 6 heteroatoms. The van der Waals surface area contributed by atoms with Crippen LogP contribution < -0.4 is 5.32 Å². The molecule has 0 amide bonds. The van der Waals surface area contributed by atoms with Gasteiger partial charge in [0.2, 0.25) is 0 Å². The van der Waals surface area contributed by atoms with E-state index in [2.05, 4.69) is 20.5 Å². The highest BCUT2D eigenvalue weighted by molar-refractivity contribution is 6.30. The van der Waals surface area contributed by atoms with E-state index in [1.807, 2.05) is 10.6 Å². The van der Waals surface area contributed by atoms with Crippen LogP contribution in [0.25, 0.3) is 5.78 Å². The Labute approximate surface area is 91.5 Å². The van der Waals surface area contributed by atoms with Crippen LogP contribution in [-0.4, -0.2) is 32.7 Å². The molecule has 2 aromatic rings. The molecule has 2 aromatic heterocycles. The maximum Gasteiger partial charge on any atom is 0.255 e. The highest BCUT2D eigenvalue weighted by Gasteiger charge is 2.22. The zero-order valence-electron chi connectivity index (χ0n) is 8.02. The lowest BCUT2D eigenvalue weighted by molar-refractivity contribution is 0.691. The highest BCUT2D eigenvalue weighted by Crippen LogP contribution is 2.21. The molecule has 0 aromatic carbocycles. The van der Waals surface area contributed by atoms with Gasteiger partial charge >= 0.3 is 0 Å². The van der Waals surface area contributed by atoms with E-state index in [0.29, 0.717) is 16.7 Å². The van der Waals surface area contributed by atoms with Gasteiger partial charge in [0.15, 0.2) is 0 Å². The summed E-state index contributed by atoms with van der Waals surface area (Å²) in [7, 11) is 0. The van der Waals surface area contributed by atoms with Crippen molar-refractivity contribution in [2.24, 2.45) is 0 Å². The van der Waals surface area contributed by atoms with Gasteiger partial charge in [-0.3, -0.25) is 4.40 Å². The van der Waals surface area contributed by atoms with E-state index in [0.717, 1.165) is 25.3 Å². The molecule has 1 fully saturated rings. The van der Waals surface area contributed by atoms with Crippen LogP contribution in [0.5, 0.6) is 0 Å². The molecule has 3 heterocycles. The van der Waals surface area contributed by atoms with Gasteiger partial charge in [-0.2, -0.15) is 0 Å². The lowest BCUT2D eigenvalue weighted by atomic mass is 10.1. The van der Waals surface area contributed by atoms with E-state index in [1.54, 1.807) is 6.20 Å². The van der Waals surface area contributed by atoms with E-state index >= 15 is 0 Å². The lowest BCUT2D eigenvalue weighted by Gasteiger charge is -2.05. The fraction of sp³-hybridized carbons (Fsp3) is 0.444. The largest absolute Gasteiger partial charge is 0.316 e. The molecule has 0 bridgehead atoms. The number of nitrogens with one attached hydrogen (secondary N) is 1. The SMILES string of the molecule is Clc1cnc2nnc(C3CCNC3)n2c1. The topological polar surface area (TPSA) is 55.1 Å². The molecule has 5 nitrogen and oxygen atoms in total. The number of hydrogen-bond donors (Lipinski definition) is 1. The maximum atomic E-state index is 5.90. The third kappa shape index (κ3) is 1.48. The van der Waals surface area contributed by atoms with Crippen LogP contribution in [0.3, 0.4) is 0 Å². The van der Waals surface area contributed by atoms with Crippen molar-refractivity contribution in [1.29, 1.82) is 0 Å². The fourth-order valence-electron chi connectivity index (χ4n) is 1.94. The van der Waals surface area contributed by atoms with Gasteiger partial charge in [-0.1, -0.05) is 11.6 Å². The first kappa shape index (κ1) is 9.06. The van der Waals surface area contributed by atoms with Gasteiger partial charge < -0.3 is 5.32 Å². The van der Waals surface area contributed by atoms with Crippen molar-refractivity contribution in [3.05, 3.63) is 23.2 Å². The summed E-state index contributed by atoms with van der Waals surface area (Å²) in [4.78, 5) is 4.11. The van der Waals surface area contributed by atoms with Crippen molar-refractivity contribution < 1.29 is 0 Å². The molecule has 3 rings (SSSR count). The Morgan fingerprint density at radius 2 is 2.40 bits per heavy atom. The van der Waals surface area contributed by atoms with Gasteiger partial charge in [0.25, 0.3) is 5.78 Å². The van der Waals surface area contributed by atoms with Crippen LogP contribution in [0.2, 0.25) is 5.02 Å². The molecule has 0 aliphatic carbocycles. The maximum absolute atomic E-state index is 5.90. The first-order valence-electron chi connectivity index (χ1n) is 4.91. The number of rotatable bonds is 1. The summed E-state index contributed by atoms with van der Waals surface area (Å²) in [5, 5.41) is 12.1. The number of hydrogen-bond acceptors (Lipinski definition) is 4. The minimum Gasteiger partial charge on any atom is -0.316 e. The zero-order valence-corrected chi connectivity index (χ0v) is 8.78. The van der Waals surface area contributed by atoms with Crippen LogP contribution in [0.1, 0.15) is 18.2 Å². The van der Waals surface area contributed by atoms with Crippen molar-refractivity contribution in [3.8, 4) is 0 Å². The molecule has 0 radical (unpaired) electrons. The van der Waals surface area contributed by atoms with E-state index < -0.39 is 0 Å². The van der Waals surface area contributed by atoms with Gasteiger partial charge in [0, 0.05) is 18.7 Å². The third-order valence-electron chi connectivity index (χ3n) is 2.69.